The van der Waals surface area contributed by atoms with Crippen molar-refractivity contribution in [3.63, 3.8) is 0 Å². The first-order valence-corrected chi connectivity index (χ1v) is 21.7. The lowest BCUT2D eigenvalue weighted by Gasteiger charge is -2.34. The third-order valence-electron chi connectivity index (χ3n) is 9.87. The van der Waals surface area contributed by atoms with Gasteiger partial charge in [0.05, 0.1) is 18.8 Å². The van der Waals surface area contributed by atoms with Crippen molar-refractivity contribution >= 4 is 85.6 Å². The maximum atomic E-state index is 14.5. The van der Waals surface area contributed by atoms with E-state index in [4.69, 9.17) is 11.5 Å². The average molecular weight is 859 g/mol. The van der Waals surface area contributed by atoms with Crippen LogP contribution in [0.1, 0.15) is 71.3 Å². The number of amides is 7. The molecule has 59 heavy (non-hydrogen) atoms. The van der Waals surface area contributed by atoms with Crippen molar-refractivity contribution in [3.05, 3.63) is 36.0 Å². The Morgan fingerprint density at radius 3 is 2.37 bits per heavy atom. The molecule has 2 aromatic rings. The SMILES string of the molecule is CC(N)=NCCCC[C@@H]1NC(=O)CCSSC(C)(C)[C@@H](C(N)=O)NC(=O)[C@@H]2CCCN2C(=O)[C@H](Cc2c[nH]c3ccccc23)NC(=O)[C@H](CC(=O)O)NC(=O)CNC1=O. The fourth-order valence-corrected chi connectivity index (χ4v) is 9.50. The molecular weight excluding hydrogens is 805 g/mol. The predicted octanol–water partition coefficient (Wildman–Crippen LogP) is -0.172. The number of para-hydroxylation sites is 1. The number of primary amides is 1. The summed E-state index contributed by atoms with van der Waals surface area (Å²) in [5, 5.41) is 23.4. The Kier molecular flexibility index (Phi) is 17.0. The number of aliphatic imine (C=N–C) groups is 1. The van der Waals surface area contributed by atoms with Crippen LogP contribution in [0.25, 0.3) is 10.9 Å². The second-order valence-electron chi connectivity index (χ2n) is 15.0. The molecule has 2 fully saturated rings. The Morgan fingerprint density at radius 2 is 1.66 bits per heavy atom. The summed E-state index contributed by atoms with van der Waals surface area (Å²) in [6.07, 6.45) is 2.63. The van der Waals surface area contributed by atoms with Crippen molar-refractivity contribution in [2.75, 3.05) is 25.4 Å². The van der Waals surface area contributed by atoms with Crippen molar-refractivity contribution < 1.29 is 43.5 Å². The number of aromatic amines is 1. The number of nitrogens with two attached hydrogens (primary N) is 2. The van der Waals surface area contributed by atoms with E-state index in [0.717, 1.165) is 10.9 Å². The van der Waals surface area contributed by atoms with E-state index in [-0.39, 0.29) is 38.0 Å². The number of H-pyrrole nitrogens is 1. The summed E-state index contributed by atoms with van der Waals surface area (Å²) in [4.78, 5) is 115. The molecule has 1 aromatic heterocycles. The third-order valence-corrected chi connectivity index (χ3v) is 13.2. The summed E-state index contributed by atoms with van der Waals surface area (Å²) in [5.74, 6) is -5.87. The van der Waals surface area contributed by atoms with Crippen molar-refractivity contribution in [2.45, 2.75) is 107 Å². The summed E-state index contributed by atoms with van der Waals surface area (Å²) in [5.41, 5.74) is 12.8. The Hall–Kier alpha value is -5.31. The van der Waals surface area contributed by atoms with Crippen molar-refractivity contribution in [3.8, 4) is 0 Å². The fourth-order valence-electron chi connectivity index (χ4n) is 6.87. The van der Waals surface area contributed by atoms with E-state index in [1.807, 2.05) is 18.2 Å². The van der Waals surface area contributed by atoms with Crippen molar-refractivity contribution in [2.24, 2.45) is 16.5 Å². The molecule has 3 heterocycles. The zero-order valence-electron chi connectivity index (χ0n) is 33.3. The van der Waals surface area contributed by atoms with Crippen LogP contribution in [-0.4, -0.2) is 128 Å². The Labute approximate surface area is 349 Å². The van der Waals surface area contributed by atoms with E-state index in [9.17, 15) is 43.5 Å². The van der Waals surface area contributed by atoms with Crippen LogP contribution in [0.2, 0.25) is 0 Å². The number of carboxylic acid groups (broad SMARTS) is 1. The molecule has 0 unspecified atom stereocenters. The monoisotopic (exact) mass is 858 g/mol. The number of unbranched alkanes of at least 4 members (excludes halogenated alkanes) is 1. The first-order chi connectivity index (χ1) is 28.0. The maximum Gasteiger partial charge on any atom is 0.305 e. The number of fused-ring (bicyclic) bond motifs is 2. The third kappa shape index (κ3) is 13.6. The number of rotatable bonds is 10. The number of hydrogen-bond donors (Lipinski definition) is 9. The van der Waals surface area contributed by atoms with Crippen LogP contribution in [0.4, 0.5) is 0 Å². The molecule has 1 aromatic carbocycles. The second-order valence-corrected chi connectivity index (χ2v) is 18.1. The van der Waals surface area contributed by atoms with Gasteiger partial charge in [0, 0.05) is 53.5 Å². The standard InChI is InChI=1S/C38H54N10O9S2/c1-21(39)41-14-7-6-11-25-34(54)43-20-30(50)45-26(18-31(51)52)35(55)46-27(17-22-19-42-24-10-5-4-9-23(22)24)37(57)48-15-8-12-28(48)36(56)47-32(33(40)53)38(2,3)59-58-16-13-29(49)44-25/h4-5,9-10,19,25-28,32,42H,6-8,11-18,20H2,1-3H3,(H2,39,41)(H2,40,53)(H,43,54)(H,44,49)(H,45,50)(H,46,55)(H,47,56)(H,51,52)/t25-,26-,27-,28-,32+/m0/s1. The number of carboxylic acids is 1. The summed E-state index contributed by atoms with van der Waals surface area (Å²) < 4.78 is -0.983. The number of nitrogens with one attached hydrogen (secondary N) is 6. The molecule has 0 bridgehead atoms. The molecule has 19 nitrogen and oxygen atoms in total. The topological polar surface area (TPSA) is 300 Å². The molecule has 2 saturated heterocycles. The van der Waals surface area contributed by atoms with Gasteiger partial charge in [0.2, 0.25) is 41.4 Å². The largest absolute Gasteiger partial charge is 0.481 e. The smallest absolute Gasteiger partial charge is 0.305 e. The van der Waals surface area contributed by atoms with E-state index in [2.05, 4.69) is 36.6 Å². The van der Waals surface area contributed by atoms with Crippen LogP contribution in [0.15, 0.2) is 35.5 Å². The van der Waals surface area contributed by atoms with Crippen LogP contribution in [0.5, 0.6) is 0 Å². The highest BCUT2D eigenvalue weighted by Crippen LogP contribution is 2.38. The molecule has 21 heteroatoms. The van der Waals surface area contributed by atoms with Crippen LogP contribution in [-0.2, 0) is 44.8 Å². The Balaban J connectivity index is 1.66. The van der Waals surface area contributed by atoms with Gasteiger partial charge in [-0.2, -0.15) is 0 Å². The number of aromatic nitrogens is 1. The van der Waals surface area contributed by atoms with Crippen molar-refractivity contribution in [1.82, 2.24) is 36.5 Å². The van der Waals surface area contributed by atoms with E-state index in [0.29, 0.717) is 37.2 Å². The number of hydrogen-bond acceptors (Lipinski definition) is 11. The fraction of sp³-hybridized carbons (Fsp3) is 0.553. The van der Waals surface area contributed by atoms with Crippen LogP contribution >= 0.6 is 21.6 Å². The average Bonchev–Trinajstić information content (AvgIpc) is 3.83. The van der Waals surface area contributed by atoms with Crippen LogP contribution < -0.4 is 38.1 Å². The maximum absolute atomic E-state index is 14.5. The highest BCUT2D eigenvalue weighted by Gasteiger charge is 2.43. The summed E-state index contributed by atoms with van der Waals surface area (Å²) in [6.45, 7) is 4.97. The normalized spacial score (nSPS) is 24.6. The van der Waals surface area contributed by atoms with Gasteiger partial charge in [0.25, 0.3) is 0 Å². The molecule has 5 atom stereocenters. The molecule has 322 valence electrons. The first-order valence-electron chi connectivity index (χ1n) is 19.4. The van der Waals surface area contributed by atoms with Gasteiger partial charge in [-0.15, -0.1) is 0 Å². The van der Waals surface area contributed by atoms with Gasteiger partial charge in [0.15, 0.2) is 0 Å². The van der Waals surface area contributed by atoms with Gasteiger partial charge < -0.3 is 53.0 Å². The molecule has 2 aliphatic heterocycles. The van der Waals surface area contributed by atoms with Gasteiger partial charge in [-0.3, -0.25) is 43.3 Å². The number of carbonyl (C=O) groups excluding carboxylic acids is 7. The van der Waals surface area contributed by atoms with Gasteiger partial charge in [-0.1, -0.05) is 39.8 Å². The second kappa shape index (κ2) is 21.6. The number of benzene rings is 1. The minimum absolute atomic E-state index is 0.0207. The van der Waals surface area contributed by atoms with Crippen molar-refractivity contribution in [1.29, 1.82) is 0 Å². The lowest BCUT2D eigenvalue weighted by molar-refractivity contribution is -0.143. The first kappa shape index (κ1) is 46.4. The number of aliphatic carboxylic acids is 1. The molecule has 0 saturated carbocycles. The zero-order chi connectivity index (χ0) is 43.3. The molecular formula is C38H54N10O9S2. The highest BCUT2D eigenvalue weighted by molar-refractivity contribution is 8.77. The molecule has 0 aliphatic carbocycles. The van der Waals surface area contributed by atoms with E-state index >= 15 is 0 Å². The van der Waals surface area contributed by atoms with Gasteiger partial charge >= 0.3 is 5.97 Å². The molecule has 7 amide bonds. The van der Waals surface area contributed by atoms with E-state index < -0.39 is 95.2 Å². The molecule has 0 radical (unpaired) electrons. The predicted molar refractivity (Wildman–Crippen MR) is 224 cm³/mol. The summed E-state index contributed by atoms with van der Waals surface area (Å²) in [6, 6.07) is 1.01. The number of carbonyl (C=O) groups is 8. The molecule has 11 N–H and O–H groups in total. The highest BCUT2D eigenvalue weighted by atomic mass is 33.1. The van der Waals surface area contributed by atoms with Crippen LogP contribution in [0.3, 0.4) is 0 Å². The quantitative estimate of drug-likeness (QED) is 0.0652. The van der Waals surface area contributed by atoms with E-state index in [1.54, 1.807) is 33.0 Å². The van der Waals surface area contributed by atoms with Crippen LogP contribution in [0, 0.1) is 0 Å². The Morgan fingerprint density at radius 1 is 0.932 bits per heavy atom. The Bertz CT molecular complexity index is 1920. The van der Waals surface area contributed by atoms with Gasteiger partial charge in [0.1, 0.15) is 30.2 Å². The van der Waals surface area contributed by atoms with E-state index in [1.165, 1.54) is 26.5 Å². The lowest BCUT2D eigenvalue weighted by atomic mass is 10.0. The minimum atomic E-state index is -1.68. The molecule has 2 aliphatic rings. The molecule has 0 spiro atoms. The number of nitrogens with zero attached hydrogens (tertiary/aromatic N) is 2. The van der Waals surface area contributed by atoms with Gasteiger partial charge in [-0.05, 0) is 64.5 Å². The lowest BCUT2D eigenvalue weighted by Crippen LogP contribution is -2.60. The summed E-state index contributed by atoms with van der Waals surface area (Å²) in [7, 11) is 2.50. The molecule has 4 rings (SSSR count). The number of amidine groups is 1. The zero-order valence-corrected chi connectivity index (χ0v) is 35.0. The summed E-state index contributed by atoms with van der Waals surface area (Å²) >= 11 is 0. The minimum Gasteiger partial charge on any atom is -0.481 e. The van der Waals surface area contributed by atoms with Gasteiger partial charge in [-0.25, -0.2) is 0 Å².